The molecule has 0 radical (unpaired) electrons. The average molecular weight is 362 g/mol. The van der Waals surface area contributed by atoms with Crippen LogP contribution in [-0.2, 0) is 0 Å². The van der Waals surface area contributed by atoms with Crippen LogP contribution in [0.1, 0.15) is 20.7 Å². The number of halogens is 2. The number of carbonyl (C=O) groups excluding carboxylic acids is 2. The van der Waals surface area contributed by atoms with Crippen molar-refractivity contribution in [1.82, 2.24) is 4.90 Å². The molecule has 1 saturated heterocycles. The van der Waals surface area contributed by atoms with Crippen molar-refractivity contribution in [2.75, 3.05) is 20.1 Å². The second kappa shape index (κ2) is 7.06. The van der Waals surface area contributed by atoms with Crippen LogP contribution in [0.2, 0.25) is 10.0 Å². The number of ketones is 2. The quantitative estimate of drug-likeness (QED) is 0.764. The molecule has 5 heteroatoms. The maximum absolute atomic E-state index is 12.9. The fourth-order valence-electron chi connectivity index (χ4n) is 3.19. The van der Waals surface area contributed by atoms with Crippen LogP contribution < -0.4 is 0 Å². The summed E-state index contributed by atoms with van der Waals surface area (Å²) in [5.41, 5.74) is 1.18. The van der Waals surface area contributed by atoms with E-state index < -0.39 is 0 Å². The lowest BCUT2D eigenvalue weighted by atomic mass is 9.83. The molecular formula is C19H17Cl2NO2. The van der Waals surface area contributed by atoms with Gasteiger partial charge in [0.1, 0.15) is 0 Å². The highest BCUT2D eigenvalue weighted by Gasteiger charge is 2.40. The Kier molecular flexibility index (Phi) is 5.04. The third-order valence-electron chi connectivity index (χ3n) is 4.43. The Morgan fingerprint density at radius 2 is 1.12 bits per heavy atom. The van der Waals surface area contributed by atoms with E-state index in [0.29, 0.717) is 34.3 Å². The first-order valence-electron chi connectivity index (χ1n) is 7.74. The summed E-state index contributed by atoms with van der Waals surface area (Å²) < 4.78 is 0. The molecule has 1 aliphatic heterocycles. The molecular weight excluding hydrogens is 345 g/mol. The van der Waals surface area contributed by atoms with E-state index in [4.69, 9.17) is 23.2 Å². The van der Waals surface area contributed by atoms with Gasteiger partial charge in [-0.3, -0.25) is 9.59 Å². The fourth-order valence-corrected chi connectivity index (χ4v) is 3.44. The maximum Gasteiger partial charge on any atom is 0.168 e. The molecule has 0 N–H and O–H groups in total. The van der Waals surface area contributed by atoms with Crippen LogP contribution in [0, 0.1) is 11.8 Å². The van der Waals surface area contributed by atoms with Gasteiger partial charge in [-0.15, -0.1) is 0 Å². The number of nitrogens with zero attached hydrogens (tertiary/aromatic N) is 1. The van der Waals surface area contributed by atoms with Crippen LogP contribution in [0.4, 0.5) is 0 Å². The average Bonchev–Trinajstić information content (AvgIpc) is 2.97. The molecule has 1 aliphatic rings. The Balaban J connectivity index is 1.86. The van der Waals surface area contributed by atoms with Crippen molar-refractivity contribution in [3.8, 4) is 0 Å². The van der Waals surface area contributed by atoms with Crippen LogP contribution in [-0.4, -0.2) is 36.6 Å². The molecule has 3 rings (SSSR count). The first kappa shape index (κ1) is 17.2. The van der Waals surface area contributed by atoms with Gasteiger partial charge in [-0.1, -0.05) is 23.2 Å². The third-order valence-corrected chi connectivity index (χ3v) is 4.94. The summed E-state index contributed by atoms with van der Waals surface area (Å²) in [6, 6.07) is 13.7. The highest BCUT2D eigenvalue weighted by Crippen LogP contribution is 2.29. The monoisotopic (exact) mass is 361 g/mol. The second-order valence-electron chi connectivity index (χ2n) is 6.18. The summed E-state index contributed by atoms with van der Waals surface area (Å²) >= 11 is 11.8. The molecule has 3 nitrogen and oxygen atoms in total. The first-order valence-corrected chi connectivity index (χ1v) is 8.49. The van der Waals surface area contributed by atoms with E-state index in [9.17, 15) is 9.59 Å². The van der Waals surface area contributed by atoms with Gasteiger partial charge in [0.2, 0.25) is 0 Å². The van der Waals surface area contributed by atoms with E-state index in [0.717, 1.165) is 0 Å². The molecule has 0 amide bonds. The molecule has 124 valence electrons. The number of rotatable bonds is 4. The second-order valence-corrected chi connectivity index (χ2v) is 7.05. The first-order chi connectivity index (χ1) is 11.5. The van der Waals surface area contributed by atoms with Crippen molar-refractivity contribution in [3.63, 3.8) is 0 Å². The minimum absolute atomic E-state index is 0.0108. The van der Waals surface area contributed by atoms with Crippen LogP contribution in [0.5, 0.6) is 0 Å². The summed E-state index contributed by atoms with van der Waals surface area (Å²) in [4.78, 5) is 27.7. The predicted octanol–water partition coefficient (Wildman–Crippen LogP) is 4.24. The summed E-state index contributed by atoms with van der Waals surface area (Å²) in [7, 11) is 1.93. The van der Waals surface area contributed by atoms with Gasteiger partial charge in [0.25, 0.3) is 0 Å². The van der Waals surface area contributed by atoms with Crippen molar-refractivity contribution in [2.45, 2.75) is 0 Å². The lowest BCUT2D eigenvalue weighted by molar-refractivity contribution is 0.0809. The number of hydrogen-bond acceptors (Lipinski definition) is 3. The van der Waals surface area contributed by atoms with Gasteiger partial charge in [-0.25, -0.2) is 0 Å². The standard InChI is InChI=1S/C19H17Cl2NO2/c1-22-10-16(18(23)12-2-6-14(20)7-3-12)17(11-22)19(24)13-4-8-15(21)9-5-13/h2-9,16-17H,10-11H2,1H3/t16-,17-/m1/s1. The molecule has 0 unspecified atom stereocenters. The highest BCUT2D eigenvalue weighted by atomic mass is 35.5. The van der Waals surface area contributed by atoms with Crippen LogP contribution in [0.3, 0.4) is 0 Å². The van der Waals surface area contributed by atoms with Gasteiger partial charge in [0.05, 0.1) is 0 Å². The Morgan fingerprint density at radius 3 is 1.46 bits per heavy atom. The zero-order valence-corrected chi connectivity index (χ0v) is 14.7. The van der Waals surface area contributed by atoms with Gasteiger partial charge >= 0.3 is 0 Å². The Morgan fingerprint density at radius 1 is 0.792 bits per heavy atom. The van der Waals surface area contributed by atoms with E-state index in [1.807, 2.05) is 11.9 Å². The van der Waals surface area contributed by atoms with Crippen LogP contribution in [0.15, 0.2) is 48.5 Å². The van der Waals surface area contributed by atoms with Crippen molar-refractivity contribution in [3.05, 3.63) is 69.7 Å². The molecule has 2 atom stereocenters. The van der Waals surface area contributed by atoms with Gasteiger partial charge < -0.3 is 4.90 Å². The van der Waals surface area contributed by atoms with Crippen molar-refractivity contribution in [1.29, 1.82) is 0 Å². The zero-order chi connectivity index (χ0) is 17.3. The summed E-state index contributed by atoms with van der Waals surface area (Å²) in [5, 5.41) is 1.17. The number of carbonyl (C=O) groups is 2. The molecule has 0 spiro atoms. The molecule has 1 heterocycles. The van der Waals surface area contributed by atoms with Crippen molar-refractivity contribution < 1.29 is 9.59 Å². The minimum Gasteiger partial charge on any atom is -0.305 e. The molecule has 24 heavy (non-hydrogen) atoms. The van der Waals surface area contributed by atoms with Crippen molar-refractivity contribution in [2.24, 2.45) is 11.8 Å². The highest BCUT2D eigenvalue weighted by molar-refractivity contribution is 6.31. The SMILES string of the molecule is CN1C[C@@H](C(=O)c2ccc(Cl)cc2)[C@H](C(=O)c2ccc(Cl)cc2)C1. The topological polar surface area (TPSA) is 37.4 Å². The number of benzene rings is 2. The third kappa shape index (κ3) is 3.54. The van der Waals surface area contributed by atoms with E-state index in [2.05, 4.69) is 0 Å². The van der Waals surface area contributed by atoms with Crippen LogP contribution >= 0.6 is 23.2 Å². The van der Waals surface area contributed by atoms with Gasteiger partial charge in [0, 0.05) is 46.1 Å². The normalized spacial score (nSPS) is 21.0. The summed E-state index contributed by atoms with van der Waals surface area (Å²) in [6.45, 7) is 1.15. The lowest BCUT2D eigenvalue weighted by Crippen LogP contribution is -2.29. The Bertz CT molecular complexity index is 690. The summed E-state index contributed by atoms with van der Waals surface area (Å²) in [6.07, 6.45) is 0. The minimum atomic E-state index is -0.348. The zero-order valence-electron chi connectivity index (χ0n) is 13.2. The molecule has 0 bridgehead atoms. The van der Waals surface area contributed by atoms with E-state index >= 15 is 0 Å². The van der Waals surface area contributed by atoms with E-state index in [-0.39, 0.29) is 23.4 Å². The smallest absolute Gasteiger partial charge is 0.168 e. The van der Waals surface area contributed by atoms with Gasteiger partial charge in [0.15, 0.2) is 11.6 Å². The maximum atomic E-state index is 12.9. The largest absolute Gasteiger partial charge is 0.305 e. The van der Waals surface area contributed by atoms with E-state index in [1.165, 1.54) is 0 Å². The lowest BCUT2D eigenvalue weighted by Gasteiger charge is -2.16. The molecule has 1 fully saturated rings. The summed E-state index contributed by atoms with van der Waals surface area (Å²) in [5.74, 6) is -0.717. The molecule has 2 aromatic rings. The number of likely N-dealkylation sites (tertiary alicyclic amines) is 1. The predicted molar refractivity (Wildman–Crippen MR) is 96.0 cm³/mol. The Hall–Kier alpha value is -1.68. The molecule has 2 aromatic carbocycles. The fraction of sp³-hybridized carbons (Fsp3) is 0.263. The number of Topliss-reactive ketones (excluding diaryl/α,β-unsaturated/α-hetero) is 2. The van der Waals surface area contributed by atoms with Crippen molar-refractivity contribution >= 4 is 34.8 Å². The van der Waals surface area contributed by atoms with E-state index in [1.54, 1.807) is 48.5 Å². The van der Waals surface area contributed by atoms with Gasteiger partial charge in [-0.2, -0.15) is 0 Å². The molecule has 0 saturated carbocycles. The molecule has 0 aromatic heterocycles. The van der Waals surface area contributed by atoms with Crippen LogP contribution in [0.25, 0.3) is 0 Å². The number of hydrogen-bond donors (Lipinski definition) is 0. The Labute approximate surface area is 151 Å². The molecule has 0 aliphatic carbocycles. The van der Waals surface area contributed by atoms with Gasteiger partial charge in [-0.05, 0) is 55.6 Å².